The Labute approximate surface area is 246 Å². The molecule has 5 aromatic rings. The van der Waals surface area contributed by atoms with Crippen molar-refractivity contribution < 1.29 is 20.1 Å². The molecule has 2 heterocycles. The molecule has 0 radical (unpaired) electrons. The summed E-state index contributed by atoms with van der Waals surface area (Å²) in [5.41, 5.74) is 12.9. The minimum Gasteiger partial charge on any atom is -0.526 e. The van der Waals surface area contributed by atoms with Gasteiger partial charge in [-0.1, -0.05) is 66.2 Å². The molecular weight excluding hydrogens is 657 g/mol. The number of rotatable bonds is 3. The van der Waals surface area contributed by atoms with Crippen molar-refractivity contribution in [3.8, 4) is 16.8 Å². The SMILES string of the molecule is Cc1cc(C)n(-c2[c-]cccc2)n1.[CH2-]c1cc(C)c(-c2ccccc2)c(C)c1N1[CH-]N(C)c2ccccc21.[Ir+3]. The molecule has 6 rings (SSSR count). The molecular formula is C34H33IrN4. The number of aryl methyl sites for hydroxylation is 3. The normalized spacial score (nSPS) is 11.9. The Morgan fingerprint density at radius 1 is 0.821 bits per heavy atom. The van der Waals surface area contributed by atoms with Gasteiger partial charge >= 0.3 is 20.1 Å². The molecule has 0 N–H and O–H groups in total. The van der Waals surface area contributed by atoms with Gasteiger partial charge in [-0.3, -0.25) is 4.68 Å². The minimum atomic E-state index is 0. The molecule has 1 aromatic heterocycles. The van der Waals surface area contributed by atoms with Crippen molar-refractivity contribution in [1.29, 1.82) is 0 Å². The van der Waals surface area contributed by atoms with E-state index in [0.717, 1.165) is 22.6 Å². The van der Waals surface area contributed by atoms with E-state index in [4.69, 9.17) is 0 Å². The fourth-order valence-electron chi connectivity index (χ4n) is 5.27. The third kappa shape index (κ3) is 5.66. The van der Waals surface area contributed by atoms with Crippen LogP contribution < -0.4 is 9.80 Å². The Bertz CT molecular complexity index is 1560. The van der Waals surface area contributed by atoms with Gasteiger partial charge in [0.2, 0.25) is 0 Å². The van der Waals surface area contributed by atoms with Crippen LogP contribution in [0.3, 0.4) is 0 Å². The van der Waals surface area contributed by atoms with Crippen molar-refractivity contribution in [3.63, 3.8) is 0 Å². The molecule has 0 bridgehead atoms. The number of para-hydroxylation sites is 3. The molecule has 0 saturated carbocycles. The van der Waals surface area contributed by atoms with E-state index in [0.29, 0.717) is 0 Å². The summed E-state index contributed by atoms with van der Waals surface area (Å²) in [5, 5.41) is 4.37. The molecule has 4 nitrogen and oxygen atoms in total. The largest absolute Gasteiger partial charge is 3.00 e. The summed E-state index contributed by atoms with van der Waals surface area (Å²) in [4.78, 5) is 4.43. The fourth-order valence-corrected chi connectivity index (χ4v) is 5.27. The summed E-state index contributed by atoms with van der Waals surface area (Å²) in [7, 11) is 2.09. The first-order valence-electron chi connectivity index (χ1n) is 12.8. The number of benzene rings is 4. The molecule has 0 amide bonds. The predicted molar refractivity (Wildman–Crippen MR) is 159 cm³/mol. The van der Waals surface area contributed by atoms with E-state index >= 15 is 0 Å². The van der Waals surface area contributed by atoms with Crippen molar-refractivity contribution in [2.75, 3.05) is 16.8 Å². The van der Waals surface area contributed by atoms with Gasteiger partial charge in [0.15, 0.2) is 0 Å². The van der Waals surface area contributed by atoms with Crippen molar-refractivity contribution in [2.24, 2.45) is 0 Å². The number of fused-ring (bicyclic) bond motifs is 1. The maximum absolute atomic E-state index is 4.37. The standard InChI is InChI=1S/C23H22N2.C11H11N2.Ir/c1-16-14-17(2)23(18(3)22(16)19-10-6-5-7-11-19)25-15-24(4)20-12-8-9-13-21(20)25;1-9-8-10(2)13(12-9)11-6-4-3-5-7-11;/h5-15H,2H2,1,3-4H3;3-6,8H,1-2H3;/q-2;-1;+3. The monoisotopic (exact) mass is 690 g/mol. The summed E-state index contributed by atoms with van der Waals surface area (Å²) in [6, 6.07) is 34.3. The maximum atomic E-state index is 4.37. The minimum absolute atomic E-state index is 0. The molecule has 1 aliphatic heterocycles. The van der Waals surface area contributed by atoms with Crippen molar-refractivity contribution >= 4 is 17.1 Å². The van der Waals surface area contributed by atoms with Gasteiger partial charge in [0.1, 0.15) is 0 Å². The van der Waals surface area contributed by atoms with Crippen LogP contribution in [-0.4, -0.2) is 16.8 Å². The summed E-state index contributed by atoms with van der Waals surface area (Å²) in [6.45, 7) is 14.9. The number of aromatic nitrogens is 2. The first kappa shape index (κ1) is 28.2. The number of nitrogens with zero attached hydrogens (tertiary/aromatic N) is 4. The van der Waals surface area contributed by atoms with E-state index < -0.39 is 0 Å². The van der Waals surface area contributed by atoms with Crippen LogP contribution in [0.5, 0.6) is 0 Å². The zero-order chi connectivity index (χ0) is 26.8. The topological polar surface area (TPSA) is 24.3 Å². The zero-order valence-corrected chi connectivity index (χ0v) is 25.5. The molecule has 1 aliphatic rings. The van der Waals surface area contributed by atoms with Gasteiger partial charge in [0.05, 0.1) is 5.69 Å². The first-order chi connectivity index (χ1) is 18.3. The maximum Gasteiger partial charge on any atom is 3.00 e. The zero-order valence-electron chi connectivity index (χ0n) is 23.1. The predicted octanol–water partition coefficient (Wildman–Crippen LogP) is 8.15. The van der Waals surface area contributed by atoms with E-state index in [1.54, 1.807) is 0 Å². The number of anilines is 3. The van der Waals surface area contributed by atoms with E-state index in [-0.39, 0.29) is 20.1 Å². The fraction of sp³-hybridized carbons (Fsp3) is 0.147. The summed E-state index contributed by atoms with van der Waals surface area (Å²) >= 11 is 0. The Kier molecular flexibility index (Phi) is 8.64. The summed E-state index contributed by atoms with van der Waals surface area (Å²) < 4.78 is 1.90. The van der Waals surface area contributed by atoms with Gasteiger partial charge in [-0.2, -0.15) is 54.6 Å². The van der Waals surface area contributed by atoms with Crippen LogP contribution in [0.1, 0.15) is 28.1 Å². The molecule has 0 unspecified atom stereocenters. The molecule has 0 saturated heterocycles. The Balaban J connectivity index is 0.000000213. The van der Waals surface area contributed by atoms with E-state index in [1.165, 1.54) is 39.3 Å². The van der Waals surface area contributed by atoms with Gasteiger partial charge in [-0.15, -0.1) is 6.07 Å². The Morgan fingerprint density at radius 2 is 1.49 bits per heavy atom. The van der Waals surface area contributed by atoms with Gasteiger partial charge in [0.25, 0.3) is 0 Å². The average Bonchev–Trinajstić information content (AvgIpc) is 3.43. The third-order valence-electron chi connectivity index (χ3n) is 6.86. The summed E-state index contributed by atoms with van der Waals surface area (Å²) in [5.74, 6) is 0. The van der Waals surface area contributed by atoms with Gasteiger partial charge in [-0.05, 0) is 62.8 Å². The van der Waals surface area contributed by atoms with Crippen LogP contribution in [-0.2, 0) is 20.1 Å². The second-order valence-electron chi connectivity index (χ2n) is 9.74. The molecule has 198 valence electrons. The number of hydrogen-bond donors (Lipinski definition) is 0. The molecule has 0 atom stereocenters. The average molecular weight is 690 g/mol. The molecule has 0 spiro atoms. The molecule has 0 fully saturated rings. The van der Waals surface area contributed by atoms with Crippen LogP contribution in [0.4, 0.5) is 17.1 Å². The second kappa shape index (κ2) is 11.9. The van der Waals surface area contributed by atoms with Crippen molar-refractivity contribution in [2.45, 2.75) is 27.7 Å². The van der Waals surface area contributed by atoms with Crippen LogP contribution in [0.25, 0.3) is 16.8 Å². The molecule has 5 heteroatoms. The van der Waals surface area contributed by atoms with Gasteiger partial charge < -0.3 is 9.80 Å². The van der Waals surface area contributed by atoms with E-state index in [1.807, 2.05) is 42.8 Å². The third-order valence-corrected chi connectivity index (χ3v) is 6.86. The van der Waals surface area contributed by atoms with Crippen LogP contribution >= 0.6 is 0 Å². The van der Waals surface area contributed by atoms with Crippen LogP contribution in [0, 0.1) is 47.4 Å². The number of hydrogen-bond acceptors (Lipinski definition) is 3. The smallest absolute Gasteiger partial charge is 0.526 e. The van der Waals surface area contributed by atoms with E-state index in [2.05, 4.69) is 122 Å². The van der Waals surface area contributed by atoms with Crippen molar-refractivity contribution in [1.82, 2.24) is 9.78 Å². The van der Waals surface area contributed by atoms with Crippen LogP contribution in [0.2, 0.25) is 0 Å². The molecule has 0 aliphatic carbocycles. The van der Waals surface area contributed by atoms with Gasteiger partial charge in [0, 0.05) is 17.1 Å². The Morgan fingerprint density at radius 3 is 2.13 bits per heavy atom. The molecule has 4 aromatic carbocycles. The van der Waals surface area contributed by atoms with Crippen molar-refractivity contribution in [3.05, 3.63) is 139 Å². The van der Waals surface area contributed by atoms with Gasteiger partial charge in [-0.25, -0.2) is 0 Å². The first-order valence-corrected chi connectivity index (χ1v) is 12.8. The van der Waals surface area contributed by atoms with Crippen LogP contribution in [0.15, 0.2) is 91.0 Å². The molecule has 39 heavy (non-hydrogen) atoms. The quantitative estimate of drug-likeness (QED) is 0.179. The van der Waals surface area contributed by atoms with E-state index in [9.17, 15) is 0 Å². The summed E-state index contributed by atoms with van der Waals surface area (Å²) in [6.07, 6.45) is 0. The second-order valence-corrected chi connectivity index (χ2v) is 9.74. The Hall–Kier alpha value is -3.79.